The molecule has 0 saturated carbocycles. The summed E-state index contributed by atoms with van der Waals surface area (Å²) in [6.45, 7) is 5.31. The van der Waals surface area contributed by atoms with Gasteiger partial charge in [0, 0.05) is 25.0 Å². The number of rotatable bonds is 4. The van der Waals surface area contributed by atoms with Crippen molar-refractivity contribution >= 4 is 21.6 Å². The van der Waals surface area contributed by atoms with Crippen LogP contribution in [0.5, 0.6) is 0 Å². The van der Waals surface area contributed by atoms with Crippen molar-refractivity contribution in [1.82, 2.24) is 4.98 Å². The molecule has 0 aliphatic heterocycles. The van der Waals surface area contributed by atoms with E-state index >= 15 is 0 Å². The lowest BCUT2D eigenvalue weighted by Gasteiger charge is -2.30. The Morgan fingerprint density at radius 2 is 1.89 bits per heavy atom. The van der Waals surface area contributed by atoms with Gasteiger partial charge in [-0.3, -0.25) is 4.98 Å². The quantitative estimate of drug-likeness (QED) is 0.839. The van der Waals surface area contributed by atoms with Crippen LogP contribution in [0.2, 0.25) is 0 Å². The maximum atomic E-state index is 4.12. The fourth-order valence-corrected chi connectivity index (χ4v) is 2.40. The van der Waals surface area contributed by atoms with Gasteiger partial charge < -0.3 is 4.90 Å². The van der Waals surface area contributed by atoms with Crippen LogP contribution in [0.3, 0.4) is 0 Å². The molecule has 0 aliphatic carbocycles. The van der Waals surface area contributed by atoms with Gasteiger partial charge in [-0.2, -0.15) is 0 Å². The molecule has 0 bridgehead atoms. The minimum Gasteiger partial charge on any atom is -0.364 e. The summed E-state index contributed by atoms with van der Waals surface area (Å²) in [4.78, 5) is 6.48. The van der Waals surface area contributed by atoms with Crippen molar-refractivity contribution in [2.75, 3.05) is 4.90 Å². The summed E-state index contributed by atoms with van der Waals surface area (Å²) in [5.74, 6) is 0. The van der Waals surface area contributed by atoms with E-state index in [1.807, 2.05) is 24.5 Å². The van der Waals surface area contributed by atoms with Crippen molar-refractivity contribution in [3.63, 3.8) is 0 Å². The van der Waals surface area contributed by atoms with Crippen molar-refractivity contribution in [3.8, 4) is 0 Å². The van der Waals surface area contributed by atoms with E-state index in [-0.39, 0.29) is 0 Å². The number of benzene rings is 1. The van der Waals surface area contributed by atoms with Crippen molar-refractivity contribution in [2.45, 2.75) is 26.4 Å². The van der Waals surface area contributed by atoms with Crippen LogP contribution in [0, 0.1) is 0 Å². The average molecular weight is 305 g/mol. The summed E-state index contributed by atoms with van der Waals surface area (Å²) in [6.07, 6.45) is 3.68. The van der Waals surface area contributed by atoms with E-state index in [2.05, 4.69) is 63.9 Å². The highest BCUT2D eigenvalue weighted by Crippen LogP contribution is 2.27. The molecule has 0 radical (unpaired) electrons. The summed E-state index contributed by atoms with van der Waals surface area (Å²) in [5, 5.41) is 0. The number of nitrogens with zero attached hydrogens (tertiary/aromatic N) is 2. The van der Waals surface area contributed by atoms with Gasteiger partial charge in [-0.15, -0.1) is 0 Å². The molecule has 0 atom stereocenters. The second-order valence-electron chi connectivity index (χ2n) is 4.53. The summed E-state index contributed by atoms with van der Waals surface area (Å²) in [5.41, 5.74) is 2.50. The molecule has 2 rings (SSSR count). The van der Waals surface area contributed by atoms with Gasteiger partial charge in [0.25, 0.3) is 0 Å². The third kappa shape index (κ3) is 3.10. The largest absolute Gasteiger partial charge is 0.364 e. The van der Waals surface area contributed by atoms with Crippen LogP contribution in [-0.2, 0) is 6.54 Å². The van der Waals surface area contributed by atoms with E-state index in [9.17, 15) is 0 Å². The van der Waals surface area contributed by atoms with Crippen molar-refractivity contribution < 1.29 is 0 Å². The molecule has 0 N–H and O–H groups in total. The first-order valence-corrected chi connectivity index (χ1v) is 6.88. The molecule has 0 amide bonds. The normalized spacial score (nSPS) is 10.7. The van der Waals surface area contributed by atoms with Gasteiger partial charge in [-0.25, -0.2) is 0 Å². The molecule has 2 aromatic rings. The van der Waals surface area contributed by atoms with Crippen LogP contribution in [0.4, 0.5) is 5.69 Å². The predicted molar refractivity (Wildman–Crippen MR) is 79.7 cm³/mol. The van der Waals surface area contributed by atoms with Gasteiger partial charge in [0.15, 0.2) is 0 Å². The summed E-state index contributed by atoms with van der Waals surface area (Å²) >= 11 is 3.57. The molecule has 0 spiro atoms. The lowest BCUT2D eigenvalue weighted by Crippen LogP contribution is -2.30. The Labute approximate surface area is 117 Å². The first-order valence-electron chi connectivity index (χ1n) is 6.08. The Bertz CT molecular complexity index is 497. The summed E-state index contributed by atoms with van der Waals surface area (Å²) in [7, 11) is 0. The van der Waals surface area contributed by atoms with Crippen LogP contribution >= 0.6 is 15.9 Å². The van der Waals surface area contributed by atoms with E-state index in [4.69, 9.17) is 0 Å². The Morgan fingerprint density at radius 3 is 2.50 bits per heavy atom. The maximum absolute atomic E-state index is 4.12. The molecule has 0 saturated heterocycles. The van der Waals surface area contributed by atoms with E-state index in [0.29, 0.717) is 6.04 Å². The molecule has 18 heavy (non-hydrogen) atoms. The Hall–Kier alpha value is -1.35. The number of aromatic nitrogens is 1. The molecule has 2 nitrogen and oxygen atoms in total. The van der Waals surface area contributed by atoms with E-state index in [0.717, 1.165) is 11.0 Å². The molecule has 3 heteroatoms. The number of hydrogen-bond acceptors (Lipinski definition) is 2. The standard InChI is InChI=1S/C15H17BrN2/c1-12(2)18(11-13-6-4-3-5-7-13)15-8-9-17-10-14(15)16/h3-10,12H,11H2,1-2H3. The fourth-order valence-electron chi connectivity index (χ4n) is 1.93. The van der Waals surface area contributed by atoms with Crippen LogP contribution in [0.1, 0.15) is 19.4 Å². The minimum absolute atomic E-state index is 0.434. The molecular weight excluding hydrogens is 288 g/mol. The molecule has 1 aromatic carbocycles. The summed E-state index contributed by atoms with van der Waals surface area (Å²) < 4.78 is 1.04. The lowest BCUT2D eigenvalue weighted by molar-refractivity contribution is 0.680. The third-order valence-electron chi connectivity index (χ3n) is 2.88. The van der Waals surface area contributed by atoms with E-state index < -0.39 is 0 Å². The van der Waals surface area contributed by atoms with Crippen molar-refractivity contribution in [1.29, 1.82) is 0 Å². The molecule has 0 fully saturated rings. The van der Waals surface area contributed by atoms with Crippen LogP contribution in [0.15, 0.2) is 53.3 Å². The minimum atomic E-state index is 0.434. The van der Waals surface area contributed by atoms with Gasteiger partial charge in [-0.1, -0.05) is 30.3 Å². The van der Waals surface area contributed by atoms with Crippen LogP contribution in [0.25, 0.3) is 0 Å². The first-order chi connectivity index (χ1) is 8.68. The van der Waals surface area contributed by atoms with Crippen LogP contribution < -0.4 is 4.90 Å². The molecule has 0 unspecified atom stereocenters. The van der Waals surface area contributed by atoms with Crippen LogP contribution in [-0.4, -0.2) is 11.0 Å². The van der Waals surface area contributed by atoms with Crippen molar-refractivity contribution in [2.24, 2.45) is 0 Å². The lowest BCUT2D eigenvalue weighted by atomic mass is 10.1. The number of hydrogen-bond donors (Lipinski definition) is 0. The van der Waals surface area contributed by atoms with Gasteiger partial charge in [0.1, 0.15) is 0 Å². The molecule has 1 aromatic heterocycles. The molecule has 0 aliphatic rings. The second-order valence-corrected chi connectivity index (χ2v) is 5.39. The highest BCUT2D eigenvalue weighted by atomic mass is 79.9. The zero-order valence-corrected chi connectivity index (χ0v) is 12.3. The van der Waals surface area contributed by atoms with E-state index in [1.54, 1.807) is 0 Å². The third-order valence-corrected chi connectivity index (χ3v) is 3.49. The average Bonchev–Trinajstić information content (AvgIpc) is 2.38. The SMILES string of the molecule is CC(C)N(Cc1ccccc1)c1ccncc1Br. The second kappa shape index (κ2) is 6.01. The Morgan fingerprint density at radius 1 is 1.17 bits per heavy atom. The predicted octanol–water partition coefficient (Wildman–Crippen LogP) is 4.26. The Kier molecular flexibility index (Phi) is 4.37. The van der Waals surface area contributed by atoms with Gasteiger partial charge in [0.2, 0.25) is 0 Å². The van der Waals surface area contributed by atoms with Crippen molar-refractivity contribution in [3.05, 3.63) is 58.8 Å². The van der Waals surface area contributed by atoms with Gasteiger partial charge in [0.05, 0.1) is 10.2 Å². The fraction of sp³-hybridized carbons (Fsp3) is 0.267. The topological polar surface area (TPSA) is 16.1 Å². The van der Waals surface area contributed by atoms with E-state index in [1.165, 1.54) is 11.3 Å². The van der Waals surface area contributed by atoms with Gasteiger partial charge >= 0.3 is 0 Å². The highest BCUT2D eigenvalue weighted by molar-refractivity contribution is 9.10. The monoisotopic (exact) mass is 304 g/mol. The zero-order chi connectivity index (χ0) is 13.0. The first kappa shape index (κ1) is 13.1. The highest BCUT2D eigenvalue weighted by Gasteiger charge is 2.13. The number of anilines is 1. The maximum Gasteiger partial charge on any atom is 0.0592 e. The molecule has 94 valence electrons. The smallest absolute Gasteiger partial charge is 0.0592 e. The molecular formula is C15H17BrN2. The Balaban J connectivity index is 2.27. The number of pyridine rings is 1. The zero-order valence-electron chi connectivity index (χ0n) is 10.7. The number of halogens is 1. The summed E-state index contributed by atoms with van der Waals surface area (Å²) in [6, 6.07) is 13.0. The molecule has 1 heterocycles. The van der Waals surface area contributed by atoms with Gasteiger partial charge in [-0.05, 0) is 41.4 Å².